The maximum atomic E-state index is 5.58. The smallest absolute Gasteiger partial charge is 0.166 e. The number of hydrogen-bond acceptors (Lipinski definition) is 3. The highest BCUT2D eigenvalue weighted by Gasteiger charge is 2.17. The van der Waals surface area contributed by atoms with Crippen molar-refractivity contribution in [3.05, 3.63) is 24.5 Å². The van der Waals surface area contributed by atoms with Gasteiger partial charge in [-0.1, -0.05) is 0 Å². The van der Waals surface area contributed by atoms with Gasteiger partial charge in [-0.25, -0.2) is 0 Å². The number of hydrogen-bond donors (Lipinski definition) is 1. The van der Waals surface area contributed by atoms with Gasteiger partial charge in [0.1, 0.15) is 0 Å². The second-order valence-corrected chi connectivity index (χ2v) is 3.94. The summed E-state index contributed by atoms with van der Waals surface area (Å²) < 4.78 is 0. The van der Waals surface area contributed by atoms with Gasteiger partial charge in [-0.2, -0.15) is 0 Å². The fourth-order valence-electron chi connectivity index (χ4n) is 1.74. The standard InChI is InChI=1S/C10H14N4S/c11-10(15)14-7-5-13(6-8-14)9-1-3-12-4-2-9/h1-4H,5-8H2,(H2,11,15). The third-order valence-electron chi connectivity index (χ3n) is 2.62. The summed E-state index contributed by atoms with van der Waals surface area (Å²) in [6.45, 7) is 3.72. The lowest BCUT2D eigenvalue weighted by molar-refractivity contribution is 0.388. The van der Waals surface area contributed by atoms with Gasteiger partial charge in [0, 0.05) is 44.3 Å². The molecule has 15 heavy (non-hydrogen) atoms. The summed E-state index contributed by atoms with van der Waals surface area (Å²) in [5, 5.41) is 0.504. The van der Waals surface area contributed by atoms with Crippen LogP contribution in [0.4, 0.5) is 5.69 Å². The number of aromatic nitrogens is 1. The highest BCUT2D eigenvalue weighted by Crippen LogP contribution is 2.14. The zero-order valence-corrected chi connectivity index (χ0v) is 9.28. The highest BCUT2D eigenvalue weighted by atomic mass is 32.1. The van der Waals surface area contributed by atoms with Crippen LogP contribution in [-0.2, 0) is 0 Å². The average molecular weight is 222 g/mol. The van der Waals surface area contributed by atoms with E-state index in [9.17, 15) is 0 Å². The topological polar surface area (TPSA) is 45.4 Å². The SMILES string of the molecule is NC(=S)N1CCN(c2ccncc2)CC1. The second kappa shape index (κ2) is 4.44. The van der Waals surface area contributed by atoms with Crippen LogP contribution in [0.5, 0.6) is 0 Å². The molecule has 0 aromatic carbocycles. The highest BCUT2D eigenvalue weighted by molar-refractivity contribution is 7.80. The summed E-state index contributed by atoms with van der Waals surface area (Å²) in [6, 6.07) is 4.05. The molecule has 0 atom stereocenters. The fourth-order valence-corrected chi connectivity index (χ4v) is 1.92. The van der Waals surface area contributed by atoms with Crippen LogP contribution in [-0.4, -0.2) is 41.2 Å². The van der Waals surface area contributed by atoms with E-state index in [1.165, 1.54) is 5.69 Å². The summed E-state index contributed by atoms with van der Waals surface area (Å²) in [6.07, 6.45) is 3.63. The van der Waals surface area contributed by atoms with Gasteiger partial charge in [0.05, 0.1) is 0 Å². The Kier molecular flexibility index (Phi) is 3.01. The zero-order valence-electron chi connectivity index (χ0n) is 8.47. The van der Waals surface area contributed by atoms with Crippen LogP contribution >= 0.6 is 12.2 Å². The van der Waals surface area contributed by atoms with Crippen molar-refractivity contribution >= 4 is 23.0 Å². The molecule has 2 N–H and O–H groups in total. The van der Waals surface area contributed by atoms with Gasteiger partial charge in [-0.15, -0.1) is 0 Å². The first-order chi connectivity index (χ1) is 7.27. The summed E-state index contributed by atoms with van der Waals surface area (Å²) >= 11 is 4.95. The molecule has 1 aromatic heterocycles. The molecule has 0 radical (unpaired) electrons. The van der Waals surface area contributed by atoms with Crippen LogP contribution in [0.25, 0.3) is 0 Å². The minimum atomic E-state index is 0.504. The van der Waals surface area contributed by atoms with Crippen LogP contribution in [0.3, 0.4) is 0 Å². The normalized spacial score (nSPS) is 16.5. The maximum Gasteiger partial charge on any atom is 0.166 e. The average Bonchev–Trinajstić information content (AvgIpc) is 2.30. The minimum Gasteiger partial charge on any atom is -0.376 e. The first-order valence-corrected chi connectivity index (χ1v) is 5.37. The van der Waals surface area contributed by atoms with Crippen LogP contribution in [0.1, 0.15) is 0 Å². The Labute approximate surface area is 94.7 Å². The third-order valence-corrected chi connectivity index (χ3v) is 2.88. The second-order valence-electron chi connectivity index (χ2n) is 3.52. The van der Waals surface area contributed by atoms with Crippen molar-refractivity contribution in [2.45, 2.75) is 0 Å². The Morgan fingerprint density at radius 1 is 1.20 bits per heavy atom. The zero-order chi connectivity index (χ0) is 10.7. The van der Waals surface area contributed by atoms with Gasteiger partial charge in [-0.05, 0) is 24.4 Å². The van der Waals surface area contributed by atoms with Crippen molar-refractivity contribution in [3.63, 3.8) is 0 Å². The molecule has 0 saturated carbocycles. The molecular weight excluding hydrogens is 208 g/mol. The number of thiocarbonyl (C=S) groups is 1. The van der Waals surface area contributed by atoms with Crippen molar-refractivity contribution in [2.24, 2.45) is 5.73 Å². The quantitative estimate of drug-likeness (QED) is 0.699. The number of pyridine rings is 1. The first-order valence-electron chi connectivity index (χ1n) is 4.97. The first kappa shape index (κ1) is 10.2. The largest absolute Gasteiger partial charge is 0.376 e. The van der Waals surface area contributed by atoms with E-state index >= 15 is 0 Å². The minimum absolute atomic E-state index is 0.504. The summed E-state index contributed by atoms with van der Waals surface area (Å²) in [7, 11) is 0. The molecule has 0 unspecified atom stereocenters. The summed E-state index contributed by atoms with van der Waals surface area (Å²) in [5.41, 5.74) is 6.80. The molecule has 0 amide bonds. The molecule has 0 bridgehead atoms. The molecule has 1 saturated heterocycles. The van der Waals surface area contributed by atoms with E-state index in [0.717, 1.165) is 26.2 Å². The van der Waals surface area contributed by atoms with Crippen molar-refractivity contribution in [1.82, 2.24) is 9.88 Å². The summed E-state index contributed by atoms with van der Waals surface area (Å²) in [4.78, 5) is 8.36. The van der Waals surface area contributed by atoms with Crippen LogP contribution in [0, 0.1) is 0 Å². The molecule has 80 valence electrons. The Balaban J connectivity index is 1.97. The van der Waals surface area contributed by atoms with Crippen LogP contribution < -0.4 is 10.6 Å². The van der Waals surface area contributed by atoms with Crippen LogP contribution in [0.2, 0.25) is 0 Å². The number of piperazine rings is 1. The lowest BCUT2D eigenvalue weighted by Crippen LogP contribution is -2.50. The van der Waals surface area contributed by atoms with Crippen LogP contribution in [0.15, 0.2) is 24.5 Å². The Morgan fingerprint density at radius 2 is 1.80 bits per heavy atom. The Morgan fingerprint density at radius 3 is 2.33 bits per heavy atom. The Hall–Kier alpha value is -1.36. The van der Waals surface area contributed by atoms with Gasteiger partial charge in [-0.3, -0.25) is 4.98 Å². The van der Waals surface area contributed by atoms with E-state index in [0.29, 0.717) is 5.11 Å². The van der Waals surface area contributed by atoms with Crippen molar-refractivity contribution in [3.8, 4) is 0 Å². The van der Waals surface area contributed by atoms with Gasteiger partial charge in [0.25, 0.3) is 0 Å². The molecule has 5 heteroatoms. The number of nitrogens with zero attached hydrogens (tertiary/aromatic N) is 3. The molecule has 1 aliphatic heterocycles. The molecule has 0 aliphatic carbocycles. The van der Waals surface area contributed by atoms with Crippen molar-refractivity contribution in [2.75, 3.05) is 31.1 Å². The molecule has 1 aliphatic rings. The molecule has 2 rings (SSSR count). The fraction of sp³-hybridized carbons (Fsp3) is 0.400. The number of nitrogens with two attached hydrogens (primary N) is 1. The van der Waals surface area contributed by atoms with Gasteiger partial charge >= 0.3 is 0 Å². The van der Waals surface area contributed by atoms with Crippen molar-refractivity contribution < 1.29 is 0 Å². The molecule has 2 heterocycles. The van der Waals surface area contributed by atoms with Crippen molar-refractivity contribution in [1.29, 1.82) is 0 Å². The predicted molar refractivity (Wildman–Crippen MR) is 64.8 cm³/mol. The van der Waals surface area contributed by atoms with Gasteiger partial charge < -0.3 is 15.5 Å². The van der Waals surface area contributed by atoms with E-state index in [1.807, 2.05) is 29.4 Å². The van der Waals surface area contributed by atoms with Gasteiger partial charge in [0.15, 0.2) is 5.11 Å². The molecule has 0 spiro atoms. The number of anilines is 1. The monoisotopic (exact) mass is 222 g/mol. The van der Waals surface area contributed by atoms with E-state index in [2.05, 4.69) is 9.88 Å². The third kappa shape index (κ3) is 2.36. The van der Waals surface area contributed by atoms with E-state index in [4.69, 9.17) is 18.0 Å². The lowest BCUT2D eigenvalue weighted by Gasteiger charge is -2.36. The summed E-state index contributed by atoms with van der Waals surface area (Å²) in [5.74, 6) is 0. The maximum absolute atomic E-state index is 5.58. The molecule has 1 fully saturated rings. The Bertz CT molecular complexity index is 333. The predicted octanol–water partition coefficient (Wildman–Crippen LogP) is 0.447. The van der Waals surface area contributed by atoms with E-state index in [-0.39, 0.29) is 0 Å². The molecule has 1 aromatic rings. The number of rotatable bonds is 1. The molecule has 4 nitrogen and oxygen atoms in total. The van der Waals surface area contributed by atoms with E-state index < -0.39 is 0 Å². The van der Waals surface area contributed by atoms with E-state index in [1.54, 1.807) is 0 Å². The molecular formula is C10H14N4S. The lowest BCUT2D eigenvalue weighted by atomic mass is 10.3. The van der Waals surface area contributed by atoms with Gasteiger partial charge in [0.2, 0.25) is 0 Å².